The quantitative estimate of drug-likeness (QED) is 0.637. The van der Waals surface area contributed by atoms with Gasteiger partial charge >= 0.3 is 0 Å². The van der Waals surface area contributed by atoms with E-state index in [1.54, 1.807) is 25.1 Å². The summed E-state index contributed by atoms with van der Waals surface area (Å²) < 4.78 is 13.6. The predicted molar refractivity (Wildman–Crippen MR) is 68.8 cm³/mol. The molecule has 106 valence electrons. The molecule has 3 atom stereocenters. The van der Waals surface area contributed by atoms with E-state index in [1.807, 2.05) is 0 Å². The molecule has 20 heavy (non-hydrogen) atoms. The number of hydrogen-bond acceptors (Lipinski definition) is 3. The Morgan fingerprint density at radius 2 is 1.95 bits per heavy atom. The van der Waals surface area contributed by atoms with E-state index in [0.717, 1.165) is 0 Å². The summed E-state index contributed by atoms with van der Waals surface area (Å²) in [6.45, 7) is 3.13. The van der Waals surface area contributed by atoms with Crippen LogP contribution in [0.3, 0.4) is 0 Å². The maximum absolute atomic E-state index is 13.6. The van der Waals surface area contributed by atoms with Crippen molar-refractivity contribution < 1.29 is 18.8 Å². The van der Waals surface area contributed by atoms with Crippen molar-refractivity contribution in [1.29, 1.82) is 0 Å². The number of hydrogen-bond donors (Lipinski definition) is 2. The molecular formula is C14H15FN2O3. The predicted octanol–water partition coefficient (Wildman–Crippen LogP) is 0.912. The monoisotopic (exact) mass is 278 g/mol. The Kier molecular flexibility index (Phi) is 3.83. The van der Waals surface area contributed by atoms with Crippen molar-refractivity contribution in [3.8, 4) is 0 Å². The Morgan fingerprint density at radius 3 is 2.50 bits per heavy atom. The summed E-state index contributed by atoms with van der Waals surface area (Å²) in [6, 6.07) is 5.49. The molecule has 3 unspecified atom stereocenters. The molecule has 1 aromatic carbocycles. The molecule has 0 aliphatic carbocycles. The van der Waals surface area contributed by atoms with E-state index in [-0.39, 0.29) is 0 Å². The third-order valence-electron chi connectivity index (χ3n) is 3.46. The topological polar surface area (TPSA) is 75.3 Å². The molecule has 3 amide bonds. The van der Waals surface area contributed by atoms with Crippen molar-refractivity contribution in [2.24, 2.45) is 11.8 Å². The third kappa shape index (κ3) is 2.54. The van der Waals surface area contributed by atoms with Crippen LogP contribution in [-0.2, 0) is 14.4 Å². The van der Waals surface area contributed by atoms with Crippen LogP contribution in [0.1, 0.15) is 25.5 Å². The van der Waals surface area contributed by atoms with Crippen molar-refractivity contribution in [3.63, 3.8) is 0 Å². The van der Waals surface area contributed by atoms with Gasteiger partial charge in [-0.15, -0.1) is 0 Å². The van der Waals surface area contributed by atoms with E-state index < -0.39 is 41.4 Å². The average Bonchev–Trinajstić information content (AvgIpc) is 2.63. The molecule has 1 aromatic rings. The molecule has 0 radical (unpaired) electrons. The summed E-state index contributed by atoms with van der Waals surface area (Å²) in [7, 11) is 0. The molecule has 1 saturated heterocycles. The molecule has 2 N–H and O–H groups in total. The Balaban J connectivity index is 2.10. The van der Waals surface area contributed by atoms with Crippen LogP contribution in [0.25, 0.3) is 0 Å². The van der Waals surface area contributed by atoms with Gasteiger partial charge in [0, 0.05) is 5.56 Å². The van der Waals surface area contributed by atoms with Crippen LogP contribution >= 0.6 is 0 Å². The number of carbonyl (C=O) groups is 3. The highest BCUT2D eigenvalue weighted by Gasteiger charge is 2.43. The van der Waals surface area contributed by atoms with Gasteiger partial charge in [0.15, 0.2) is 0 Å². The highest BCUT2D eigenvalue weighted by Crippen LogP contribution is 2.21. The van der Waals surface area contributed by atoms with Crippen LogP contribution in [0, 0.1) is 17.7 Å². The van der Waals surface area contributed by atoms with Crippen LogP contribution in [0.4, 0.5) is 4.39 Å². The van der Waals surface area contributed by atoms with E-state index in [1.165, 1.54) is 13.0 Å². The van der Waals surface area contributed by atoms with E-state index in [0.29, 0.717) is 5.56 Å². The van der Waals surface area contributed by atoms with Gasteiger partial charge in [-0.1, -0.05) is 25.1 Å². The molecule has 0 aromatic heterocycles. The maximum Gasteiger partial charge on any atom is 0.239 e. The van der Waals surface area contributed by atoms with Crippen molar-refractivity contribution in [2.75, 3.05) is 0 Å². The molecule has 1 aliphatic rings. The van der Waals surface area contributed by atoms with Gasteiger partial charge in [0.05, 0.1) is 12.0 Å². The van der Waals surface area contributed by atoms with Gasteiger partial charge in [-0.05, 0) is 13.0 Å². The highest BCUT2D eigenvalue weighted by molar-refractivity contribution is 6.14. The second-order valence-electron chi connectivity index (χ2n) is 4.87. The largest absolute Gasteiger partial charge is 0.349 e. The first-order valence-electron chi connectivity index (χ1n) is 6.31. The van der Waals surface area contributed by atoms with Crippen LogP contribution in [0.15, 0.2) is 24.3 Å². The summed E-state index contributed by atoms with van der Waals surface area (Å²) in [4.78, 5) is 35.0. The second-order valence-corrected chi connectivity index (χ2v) is 4.87. The number of halogens is 1. The molecule has 1 heterocycles. The zero-order valence-electron chi connectivity index (χ0n) is 11.1. The fraction of sp³-hybridized carbons (Fsp3) is 0.357. The lowest BCUT2D eigenvalue weighted by Gasteiger charge is -2.18. The molecule has 1 fully saturated rings. The smallest absolute Gasteiger partial charge is 0.239 e. The number of rotatable bonds is 3. The summed E-state index contributed by atoms with van der Waals surface area (Å²) >= 11 is 0. The standard InChI is InChI=1S/C14H15FN2O3/c1-7-11(14(20)17-12(7)18)13(19)16-8(2)9-5-3-4-6-10(9)15/h3-8,11H,1-2H3,(H,16,19)(H,17,18,20). The normalized spacial score (nSPS) is 23.4. The van der Waals surface area contributed by atoms with Crippen LogP contribution in [0.2, 0.25) is 0 Å². The van der Waals surface area contributed by atoms with Gasteiger partial charge in [-0.25, -0.2) is 4.39 Å². The number of benzene rings is 1. The van der Waals surface area contributed by atoms with Crippen molar-refractivity contribution >= 4 is 17.7 Å². The van der Waals surface area contributed by atoms with Gasteiger partial charge in [-0.2, -0.15) is 0 Å². The summed E-state index contributed by atoms with van der Waals surface area (Å²) in [5.41, 5.74) is 0.332. The zero-order valence-corrected chi connectivity index (χ0v) is 11.1. The Hall–Kier alpha value is -2.24. The number of nitrogens with one attached hydrogen (secondary N) is 2. The lowest BCUT2D eigenvalue weighted by atomic mass is 9.95. The lowest BCUT2D eigenvalue weighted by molar-refractivity contribution is -0.134. The summed E-state index contributed by atoms with van der Waals surface area (Å²) in [5.74, 6) is -3.85. The van der Waals surface area contributed by atoms with E-state index in [2.05, 4.69) is 10.6 Å². The van der Waals surface area contributed by atoms with Crippen LogP contribution in [0.5, 0.6) is 0 Å². The average molecular weight is 278 g/mol. The van der Waals surface area contributed by atoms with Gasteiger partial charge in [-0.3, -0.25) is 19.7 Å². The third-order valence-corrected chi connectivity index (χ3v) is 3.46. The Morgan fingerprint density at radius 1 is 1.30 bits per heavy atom. The molecule has 0 saturated carbocycles. The minimum atomic E-state index is -1.06. The molecule has 5 nitrogen and oxygen atoms in total. The van der Waals surface area contributed by atoms with Gasteiger partial charge in [0.25, 0.3) is 0 Å². The molecule has 2 rings (SSSR count). The van der Waals surface area contributed by atoms with E-state index in [4.69, 9.17) is 0 Å². The molecule has 1 aliphatic heterocycles. The number of carbonyl (C=O) groups excluding carboxylic acids is 3. The zero-order chi connectivity index (χ0) is 14.9. The minimum absolute atomic E-state index is 0.332. The Labute approximate surface area is 115 Å². The number of imide groups is 1. The van der Waals surface area contributed by atoms with E-state index in [9.17, 15) is 18.8 Å². The Bertz CT molecular complexity index is 573. The first kappa shape index (κ1) is 14.2. The fourth-order valence-electron chi connectivity index (χ4n) is 2.24. The van der Waals surface area contributed by atoms with Crippen LogP contribution in [-0.4, -0.2) is 17.7 Å². The first-order valence-corrected chi connectivity index (χ1v) is 6.31. The van der Waals surface area contributed by atoms with Gasteiger partial charge in [0.2, 0.25) is 17.7 Å². The van der Waals surface area contributed by atoms with Crippen molar-refractivity contribution in [2.45, 2.75) is 19.9 Å². The van der Waals surface area contributed by atoms with Gasteiger partial charge < -0.3 is 5.32 Å². The lowest BCUT2D eigenvalue weighted by Crippen LogP contribution is -2.38. The fourth-order valence-corrected chi connectivity index (χ4v) is 2.24. The molecule has 0 bridgehead atoms. The van der Waals surface area contributed by atoms with Crippen molar-refractivity contribution in [3.05, 3.63) is 35.6 Å². The second kappa shape index (κ2) is 5.40. The van der Waals surface area contributed by atoms with E-state index >= 15 is 0 Å². The van der Waals surface area contributed by atoms with Gasteiger partial charge in [0.1, 0.15) is 11.7 Å². The molecule has 6 heteroatoms. The summed E-state index contributed by atoms with van der Waals surface area (Å²) in [5, 5.41) is 4.68. The molecule has 0 spiro atoms. The summed E-state index contributed by atoms with van der Waals surface area (Å²) in [6.07, 6.45) is 0. The minimum Gasteiger partial charge on any atom is -0.349 e. The van der Waals surface area contributed by atoms with Crippen LogP contribution < -0.4 is 10.6 Å². The first-order chi connectivity index (χ1) is 9.41. The SMILES string of the molecule is CC(NC(=O)C1C(=O)NC(=O)C1C)c1ccccc1F. The molecular weight excluding hydrogens is 263 g/mol. The number of amides is 3. The van der Waals surface area contributed by atoms with Crippen molar-refractivity contribution in [1.82, 2.24) is 10.6 Å². The maximum atomic E-state index is 13.6. The highest BCUT2D eigenvalue weighted by atomic mass is 19.1.